The van der Waals surface area contributed by atoms with Crippen molar-refractivity contribution < 1.29 is 9.50 Å². The van der Waals surface area contributed by atoms with Crippen molar-refractivity contribution in [3.63, 3.8) is 0 Å². The van der Waals surface area contributed by atoms with Crippen molar-refractivity contribution in [3.8, 4) is 0 Å². The maximum atomic E-state index is 13.3. The van der Waals surface area contributed by atoms with Gasteiger partial charge in [-0.15, -0.1) is 11.3 Å². The summed E-state index contributed by atoms with van der Waals surface area (Å²) < 4.78 is 13.3. The van der Waals surface area contributed by atoms with E-state index in [-0.39, 0.29) is 10.8 Å². The van der Waals surface area contributed by atoms with E-state index in [2.05, 4.69) is 0 Å². The molecular formula is C12H9Cl2FOS. The lowest BCUT2D eigenvalue weighted by Gasteiger charge is -2.13. The number of aliphatic hydroxyl groups excluding tert-OH is 1. The fourth-order valence-corrected chi connectivity index (χ4v) is 2.95. The van der Waals surface area contributed by atoms with Crippen LogP contribution in [0.3, 0.4) is 0 Å². The molecule has 0 saturated heterocycles. The number of rotatable bonds is 2. The molecule has 5 heteroatoms. The van der Waals surface area contributed by atoms with Gasteiger partial charge in [-0.2, -0.15) is 0 Å². The van der Waals surface area contributed by atoms with Crippen LogP contribution in [-0.2, 0) is 0 Å². The standard InChI is InChI=1S/C12H9Cl2FOS/c1-6-4-7(9(14)5-10(6)15)11(16)12-8(13)2-3-17-12/h2-5,11,16H,1H3. The highest BCUT2D eigenvalue weighted by Crippen LogP contribution is 2.36. The third kappa shape index (κ3) is 2.47. The van der Waals surface area contributed by atoms with E-state index in [4.69, 9.17) is 23.2 Å². The quantitative estimate of drug-likeness (QED) is 0.858. The summed E-state index contributed by atoms with van der Waals surface area (Å²) in [7, 11) is 0. The molecule has 17 heavy (non-hydrogen) atoms. The molecule has 2 rings (SSSR count). The van der Waals surface area contributed by atoms with Gasteiger partial charge in [0, 0.05) is 10.6 Å². The zero-order chi connectivity index (χ0) is 12.6. The number of benzene rings is 1. The van der Waals surface area contributed by atoms with Crippen molar-refractivity contribution in [2.24, 2.45) is 0 Å². The molecule has 1 unspecified atom stereocenters. The molecule has 0 bridgehead atoms. The topological polar surface area (TPSA) is 20.2 Å². The van der Waals surface area contributed by atoms with E-state index in [1.54, 1.807) is 24.4 Å². The van der Waals surface area contributed by atoms with Crippen LogP contribution in [0.4, 0.5) is 4.39 Å². The fourth-order valence-electron chi connectivity index (χ4n) is 1.53. The number of aryl methyl sites for hydroxylation is 1. The van der Waals surface area contributed by atoms with Crippen LogP contribution in [0.15, 0.2) is 23.6 Å². The van der Waals surface area contributed by atoms with Gasteiger partial charge in [0.1, 0.15) is 11.9 Å². The van der Waals surface area contributed by atoms with Gasteiger partial charge in [-0.05, 0) is 36.1 Å². The smallest absolute Gasteiger partial charge is 0.127 e. The van der Waals surface area contributed by atoms with Gasteiger partial charge >= 0.3 is 0 Å². The Balaban J connectivity index is 2.48. The SMILES string of the molecule is Cc1cc(C(O)c2sccc2Cl)c(Cl)cc1F. The maximum Gasteiger partial charge on any atom is 0.127 e. The Morgan fingerprint density at radius 3 is 2.59 bits per heavy atom. The highest BCUT2D eigenvalue weighted by molar-refractivity contribution is 7.10. The lowest BCUT2D eigenvalue weighted by atomic mass is 10.0. The molecule has 2 aromatic rings. The van der Waals surface area contributed by atoms with Crippen molar-refractivity contribution >= 4 is 34.5 Å². The second-order valence-electron chi connectivity index (χ2n) is 3.66. The van der Waals surface area contributed by atoms with Crippen molar-refractivity contribution in [2.75, 3.05) is 0 Å². The van der Waals surface area contributed by atoms with Gasteiger partial charge in [0.15, 0.2) is 0 Å². The Kier molecular flexibility index (Phi) is 3.73. The molecule has 1 heterocycles. The summed E-state index contributed by atoms with van der Waals surface area (Å²) in [5, 5.41) is 12.6. The van der Waals surface area contributed by atoms with Crippen LogP contribution < -0.4 is 0 Å². The van der Waals surface area contributed by atoms with Crippen LogP contribution in [0.5, 0.6) is 0 Å². The molecule has 1 N–H and O–H groups in total. The fraction of sp³-hybridized carbons (Fsp3) is 0.167. The second kappa shape index (κ2) is 4.94. The van der Waals surface area contributed by atoms with E-state index in [1.165, 1.54) is 17.4 Å². The largest absolute Gasteiger partial charge is 0.383 e. The molecular weight excluding hydrogens is 282 g/mol. The molecule has 0 fully saturated rings. The normalized spacial score (nSPS) is 12.8. The van der Waals surface area contributed by atoms with Crippen molar-refractivity contribution in [2.45, 2.75) is 13.0 Å². The molecule has 0 aliphatic rings. The zero-order valence-corrected chi connectivity index (χ0v) is 11.2. The number of hydrogen-bond donors (Lipinski definition) is 1. The van der Waals surface area contributed by atoms with E-state index >= 15 is 0 Å². The van der Waals surface area contributed by atoms with E-state index in [0.29, 0.717) is 21.0 Å². The average Bonchev–Trinajstić information content (AvgIpc) is 2.69. The number of halogens is 3. The predicted octanol–water partition coefficient (Wildman–Crippen LogP) is 4.58. The van der Waals surface area contributed by atoms with Gasteiger partial charge in [0.2, 0.25) is 0 Å². The molecule has 0 aliphatic carbocycles. The Hall–Kier alpha value is -0.610. The van der Waals surface area contributed by atoms with E-state index < -0.39 is 6.10 Å². The van der Waals surface area contributed by atoms with Gasteiger partial charge in [-0.1, -0.05) is 23.2 Å². The number of aliphatic hydroxyl groups is 1. The molecule has 1 nitrogen and oxygen atoms in total. The maximum absolute atomic E-state index is 13.3. The molecule has 0 radical (unpaired) electrons. The summed E-state index contributed by atoms with van der Waals surface area (Å²) >= 11 is 13.2. The minimum Gasteiger partial charge on any atom is -0.383 e. The molecule has 1 aromatic carbocycles. The van der Waals surface area contributed by atoms with Gasteiger partial charge in [-0.25, -0.2) is 4.39 Å². The first-order chi connectivity index (χ1) is 8.00. The monoisotopic (exact) mass is 290 g/mol. The zero-order valence-electron chi connectivity index (χ0n) is 8.88. The second-order valence-corrected chi connectivity index (χ2v) is 5.42. The highest BCUT2D eigenvalue weighted by atomic mass is 35.5. The summed E-state index contributed by atoms with van der Waals surface area (Å²) in [5.41, 5.74) is 0.908. The summed E-state index contributed by atoms with van der Waals surface area (Å²) in [5.74, 6) is -0.386. The first-order valence-corrected chi connectivity index (χ1v) is 6.50. The minimum atomic E-state index is -0.922. The Labute approximate surface area is 112 Å². The van der Waals surface area contributed by atoms with E-state index in [0.717, 1.165) is 0 Å². The van der Waals surface area contributed by atoms with Gasteiger partial charge in [0.25, 0.3) is 0 Å². The Morgan fingerprint density at radius 2 is 2.00 bits per heavy atom. The molecule has 0 aliphatic heterocycles. The summed E-state index contributed by atoms with van der Waals surface area (Å²) in [4.78, 5) is 0.611. The summed E-state index contributed by atoms with van der Waals surface area (Å²) in [6, 6.07) is 4.45. The van der Waals surface area contributed by atoms with Crippen LogP contribution >= 0.6 is 34.5 Å². The number of hydrogen-bond acceptors (Lipinski definition) is 2. The average molecular weight is 291 g/mol. The molecule has 0 amide bonds. The lowest BCUT2D eigenvalue weighted by molar-refractivity contribution is 0.224. The van der Waals surface area contributed by atoms with Crippen LogP contribution in [0.25, 0.3) is 0 Å². The van der Waals surface area contributed by atoms with Crippen LogP contribution in [-0.4, -0.2) is 5.11 Å². The Bertz CT molecular complexity index is 553. The van der Waals surface area contributed by atoms with Crippen molar-refractivity contribution in [1.82, 2.24) is 0 Å². The molecule has 0 spiro atoms. The van der Waals surface area contributed by atoms with Gasteiger partial charge < -0.3 is 5.11 Å². The molecule has 90 valence electrons. The predicted molar refractivity (Wildman–Crippen MR) is 69.5 cm³/mol. The van der Waals surface area contributed by atoms with Crippen LogP contribution in [0.2, 0.25) is 10.0 Å². The third-order valence-corrected chi connectivity index (χ3v) is 4.20. The summed E-state index contributed by atoms with van der Waals surface area (Å²) in [6.45, 7) is 1.62. The molecule has 1 atom stereocenters. The van der Waals surface area contributed by atoms with E-state index in [1.807, 2.05) is 0 Å². The first-order valence-electron chi connectivity index (χ1n) is 4.87. The number of thiophene rings is 1. The highest BCUT2D eigenvalue weighted by Gasteiger charge is 2.19. The first kappa shape index (κ1) is 12.8. The van der Waals surface area contributed by atoms with Crippen molar-refractivity contribution in [1.29, 1.82) is 0 Å². The Morgan fingerprint density at radius 1 is 1.29 bits per heavy atom. The minimum absolute atomic E-state index is 0.199. The van der Waals surface area contributed by atoms with Crippen molar-refractivity contribution in [3.05, 3.63) is 55.4 Å². The molecule has 1 aromatic heterocycles. The van der Waals surface area contributed by atoms with E-state index in [9.17, 15) is 9.50 Å². The van der Waals surface area contributed by atoms with Crippen LogP contribution in [0, 0.1) is 12.7 Å². The van der Waals surface area contributed by atoms with Crippen LogP contribution in [0.1, 0.15) is 22.1 Å². The lowest BCUT2D eigenvalue weighted by Crippen LogP contribution is -2.00. The van der Waals surface area contributed by atoms with Gasteiger partial charge in [-0.3, -0.25) is 0 Å². The third-order valence-electron chi connectivity index (χ3n) is 2.47. The molecule has 0 saturated carbocycles. The summed E-state index contributed by atoms with van der Waals surface area (Å²) in [6.07, 6.45) is -0.922. The van der Waals surface area contributed by atoms with Gasteiger partial charge in [0.05, 0.1) is 9.90 Å².